The van der Waals surface area contributed by atoms with Crippen LogP contribution in [0.15, 0.2) is 47.4 Å². The van der Waals surface area contributed by atoms with Crippen LogP contribution >= 0.6 is 0 Å². The summed E-state index contributed by atoms with van der Waals surface area (Å²) in [6.07, 6.45) is -2.91. The molecular formula is C25H24F4N2O5S. The Morgan fingerprint density at radius 1 is 1.16 bits per heavy atom. The fourth-order valence-electron chi connectivity index (χ4n) is 6.03. The van der Waals surface area contributed by atoms with E-state index in [1.165, 1.54) is 29.2 Å². The van der Waals surface area contributed by atoms with E-state index in [0.717, 1.165) is 18.4 Å². The molecule has 0 radical (unpaired) electrons. The van der Waals surface area contributed by atoms with Crippen molar-refractivity contribution in [2.75, 3.05) is 6.26 Å². The molecule has 0 aromatic heterocycles. The minimum Gasteiger partial charge on any atom is -0.389 e. The molecular weight excluding hydrogens is 516 g/mol. The molecule has 4 atom stereocenters. The van der Waals surface area contributed by atoms with Gasteiger partial charge in [-0.1, -0.05) is 12.1 Å². The Labute approximate surface area is 210 Å². The van der Waals surface area contributed by atoms with Gasteiger partial charge in [0.2, 0.25) is 5.91 Å². The highest BCUT2D eigenvalue weighted by Gasteiger charge is 2.76. The van der Waals surface area contributed by atoms with Gasteiger partial charge in [-0.3, -0.25) is 9.59 Å². The first-order chi connectivity index (χ1) is 17.1. The first-order valence-corrected chi connectivity index (χ1v) is 13.5. The number of nitrogens with two attached hydrogens (primary N) is 1. The van der Waals surface area contributed by atoms with Crippen molar-refractivity contribution in [2.45, 2.75) is 59.9 Å². The molecule has 2 amide bonds. The molecule has 1 heterocycles. The highest BCUT2D eigenvalue weighted by Crippen LogP contribution is 2.70. The van der Waals surface area contributed by atoms with E-state index >= 15 is 4.39 Å². The lowest BCUT2D eigenvalue weighted by atomic mass is 9.80. The number of fused-ring (bicyclic) bond motifs is 1. The fraction of sp³-hybridized carbons (Fsp3) is 0.440. The number of carbonyl (C=O) groups excluding carboxylic acids is 2. The zero-order valence-electron chi connectivity index (χ0n) is 19.6. The second-order valence-corrected chi connectivity index (χ2v) is 12.3. The Hall–Kier alpha value is -2.99. The van der Waals surface area contributed by atoms with E-state index in [2.05, 4.69) is 0 Å². The Morgan fingerprint density at radius 3 is 2.38 bits per heavy atom. The molecule has 5 rings (SSSR count). The molecule has 0 spiro atoms. The van der Waals surface area contributed by atoms with Gasteiger partial charge in [0, 0.05) is 17.7 Å². The van der Waals surface area contributed by atoms with Crippen molar-refractivity contribution < 1.29 is 40.7 Å². The molecule has 3 N–H and O–H groups in total. The van der Waals surface area contributed by atoms with E-state index < -0.39 is 62.3 Å². The lowest BCUT2D eigenvalue weighted by Crippen LogP contribution is -2.55. The van der Waals surface area contributed by atoms with Crippen molar-refractivity contribution in [2.24, 2.45) is 11.7 Å². The lowest BCUT2D eigenvalue weighted by molar-refractivity contribution is -0.137. The van der Waals surface area contributed by atoms with Crippen molar-refractivity contribution in [1.82, 2.24) is 4.90 Å². The summed E-state index contributed by atoms with van der Waals surface area (Å²) >= 11 is 0. The zero-order valence-corrected chi connectivity index (χ0v) is 20.4. The molecule has 2 saturated carbocycles. The summed E-state index contributed by atoms with van der Waals surface area (Å²) in [4.78, 5) is 27.3. The van der Waals surface area contributed by atoms with Crippen LogP contribution in [0.5, 0.6) is 0 Å². The largest absolute Gasteiger partial charge is 0.416 e. The molecule has 198 valence electrons. The number of alkyl halides is 3. The number of halogens is 4. The smallest absolute Gasteiger partial charge is 0.389 e. The summed E-state index contributed by atoms with van der Waals surface area (Å²) in [5.74, 6) is -4.19. The predicted octanol–water partition coefficient (Wildman–Crippen LogP) is 3.02. The minimum absolute atomic E-state index is 0.0458. The van der Waals surface area contributed by atoms with Gasteiger partial charge in [-0.25, -0.2) is 12.8 Å². The fourth-order valence-corrected chi connectivity index (χ4v) is 6.69. The van der Waals surface area contributed by atoms with Gasteiger partial charge >= 0.3 is 6.18 Å². The quantitative estimate of drug-likeness (QED) is 0.547. The maximum absolute atomic E-state index is 15.2. The normalized spacial score (nSPS) is 26.9. The first kappa shape index (κ1) is 25.7. The zero-order chi connectivity index (χ0) is 27.1. The standard InChI is InChI=1S/C25H24F4N2O5S/c1-37(35,36)16-4-2-3-13(9-16)22(33)31-19(21(30)32)11-15-12-24(15,31)20(23(34)7-8-23)17-6-5-14(10-18(17)26)25(27,28)29/h2-6,9-10,15,19-20,34H,7-8,11-12H2,1H3,(H2,30,32)/t15?,19?,20-,24?/m1/s1. The van der Waals surface area contributed by atoms with Crippen molar-refractivity contribution >= 4 is 21.7 Å². The molecule has 2 aromatic rings. The van der Waals surface area contributed by atoms with Crippen LogP contribution in [0, 0.1) is 11.7 Å². The third-order valence-electron chi connectivity index (χ3n) is 7.88. The number of aliphatic hydroxyl groups is 1. The number of likely N-dealkylation sites (tertiary alicyclic amines) is 1. The first-order valence-electron chi connectivity index (χ1n) is 11.6. The Kier molecular flexibility index (Phi) is 5.55. The van der Waals surface area contributed by atoms with E-state index in [4.69, 9.17) is 5.73 Å². The number of hydrogen-bond acceptors (Lipinski definition) is 5. The van der Waals surface area contributed by atoms with E-state index in [9.17, 15) is 36.3 Å². The van der Waals surface area contributed by atoms with E-state index in [1.54, 1.807) is 0 Å². The number of primary amides is 1. The highest BCUT2D eigenvalue weighted by molar-refractivity contribution is 7.90. The Balaban J connectivity index is 1.63. The molecule has 0 bridgehead atoms. The van der Waals surface area contributed by atoms with Gasteiger partial charge < -0.3 is 15.7 Å². The van der Waals surface area contributed by atoms with E-state index in [1.807, 2.05) is 0 Å². The molecule has 12 heteroatoms. The van der Waals surface area contributed by atoms with Gasteiger partial charge in [0.1, 0.15) is 11.9 Å². The van der Waals surface area contributed by atoms with Crippen LogP contribution in [0.3, 0.4) is 0 Å². The topological polar surface area (TPSA) is 118 Å². The molecule has 2 aliphatic carbocycles. The third kappa shape index (κ3) is 4.10. The summed E-state index contributed by atoms with van der Waals surface area (Å²) in [6, 6.07) is 6.18. The minimum atomic E-state index is -4.77. The number of sulfone groups is 1. The summed E-state index contributed by atoms with van der Waals surface area (Å²) in [5.41, 5.74) is 1.44. The van der Waals surface area contributed by atoms with Gasteiger partial charge in [-0.2, -0.15) is 13.2 Å². The second kappa shape index (κ2) is 8.00. The van der Waals surface area contributed by atoms with Crippen LogP contribution in [0.1, 0.15) is 53.1 Å². The van der Waals surface area contributed by atoms with Crippen molar-refractivity contribution in [3.05, 3.63) is 65.0 Å². The molecule has 2 aromatic carbocycles. The molecule has 3 fully saturated rings. The van der Waals surface area contributed by atoms with E-state index in [-0.39, 0.29) is 47.6 Å². The van der Waals surface area contributed by atoms with Gasteiger partial charge in [0.15, 0.2) is 9.84 Å². The van der Waals surface area contributed by atoms with Gasteiger partial charge in [-0.15, -0.1) is 0 Å². The Morgan fingerprint density at radius 2 is 1.84 bits per heavy atom. The van der Waals surface area contributed by atoms with Crippen LogP contribution in [0.2, 0.25) is 0 Å². The number of nitrogens with zero attached hydrogens (tertiary/aromatic N) is 1. The number of benzene rings is 2. The third-order valence-corrected chi connectivity index (χ3v) is 8.99. The summed E-state index contributed by atoms with van der Waals surface area (Å²) < 4.78 is 78.9. The van der Waals surface area contributed by atoms with Crippen LogP contribution in [0.25, 0.3) is 0 Å². The highest BCUT2D eigenvalue weighted by atomic mass is 32.2. The van der Waals surface area contributed by atoms with Crippen molar-refractivity contribution in [3.8, 4) is 0 Å². The summed E-state index contributed by atoms with van der Waals surface area (Å²) in [7, 11) is -3.67. The predicted molar refractivity (Wildman–Crippen MR) is 122 cm³/mol. The average molecular weight is 541 g/mol. The summed E-state index contributed by atoms with van der Waals surface area (Å²) in [5, 5.41) is 11.3. The monoisotopic (exact) mass is 540 g/mol. The van der Waals surface area contributed by atoms with Crippen LogP contribution < -0.4 is 5.73 Å². The Bertz CT molecular complexity index is 1420. The van der Waals surface area contributed by atoms with Crippen molar-refractivity contribution in [3.63, 3.8) is 0 Å². The van der Waals surface area contributed by atoms with Gasteiger partial charge in [0.25, 0.3) is 5.91 Å². The molecule has 1 saturated heterocycles. The average Bonchev–Trinajstić information content (AvgIpc) is 3.69. The van der Waals surface area contributed by atoms with Gasteiger partial charge in [-0.05, 0) is 67.5 Å². The molecule has 7 nitrogen and oxygen atoms in total. The SMILES string of the molecule is CS(=O)(=O)c1cccc(C(=O)N2C(C(N)=O)CC3CC32[C@H](c2ccc(C(F)(F)F)cc2F)C2(O)CC2)c1. The van der Waals surface area contributed by atoms with Crippen LogP contribution in [-0.2, 0) is 20.8 Å². The molecule has 3 aliphatic rings. The lowest BCUT2D eigenvalue weighted by Gasteiger charge is -2.40. The van der Waals surface area contributed by atoms with Crippen LogP contribution in [0.4, 0.5) is 17.6 Å². The van der Waals surface area contributed by atoms with Crippen LogP contribution in [-0.4, -0.2) is 53.7 Å². The molecule has 1 aliphatic heterocycles. The van der Waals surface area contributed by atoms with E-state index in [0.29, 0.717) is 6.07 Å². The summed E-state index contributed by atoms with van der Waals surface area (Å²) in [6.45, 7) is 0. The number of amides is 2. The number of rotatable bonds is 6. The molecule has 3 unspecified atom stereocenters. The maximum atomic E-state index is 15.2. The van der Waals surface area contributed by atoms with Crippen molar-refractivity contribution in [1.29, 1.82) is 0 Å². The molecule has 37 heavy (non-hydrogen) atoms. The van der Waals surface area contributed by atoms with Gasteiger partial charge in [0.05, 0.1) is 21.6 Å². The number of piperidine rings is 1. The number of hydrogen-bond donors (Lipinski definition) is 2. The maximum Gasteiger partial charge on any atom is 0.416 e. The number of carbonyl (C=O) groups is 2. The second-order valence-electron chi connectivity index (χ2n) is 10.3.